The van der Waals surface area contributed by atoms with E-state index < -0.39 is 11.4 Å². The molecule has 1 saturated heterocycles. The number of carboxylic acid groups (broad SMARTS) is 1. The van der Waals surface area contributed by atoms with E-state index in [0.717, 1.165) is 25.9 Å². The van der Waals surface area contributed by atoms with Crippen LogP contribution in [-0.2, 0) is 9.53 Å². The van der Waals surface area contributed by atoms with Gasteiger partial charge in [-0.05, 0) is 25.2 Å². The summed E-state index contributed by atoms with van der Waals surface area (Å²) in [5.74, 6) is 0.0110. The van der Waals surface area contributed by atoms with Crippen LogP contribution in [-0.4, -0.2) is 24.3 Å². The van der Waals surface area contributed by atoms with E-state index in [2.05, 4.69) is 0 Å². The lowest BCUT2D eigenvalue weighted by Gasteiger charge is -2.33. The van der Waals surface area contributed by atoms with Crippen molar-refractivity contribution in [3.05, 3.63) is 0 Å². The van der Waals surface area contributed by atoms with E-state index >= 15 is 0 Å². The molecule has 1 aliphatic carbocycles. The fraction of sp³-hybridized carbons (Fsp3) is 0.900. The lowest BCUT2D eigenvalue weighted by Crippen LogP contribution is -2.39. The SMILES string of the molecule is O=C(O)C1(CC2CC2)CCCOC1. The number of hydrogen-bond acceptors (Lipinski definition) is 2. The molecule has 0 aromatic rings. The highest BCUT2D eigenvalue weighted by atomic mass is 16.5. The topological polar surface area (TPSA) is 46.5 Å². The Morgan fingerprint density at radius 3 is 2.77 bits per heavy atom. The highest BCUT2D eigenvalue weighted by molar-refractivity contribution is 5.75. The first-order chi connectivity index (χ1) is 6.23. The van der Waals surface area contributed by atoms with Crippen molar-refractivity contribution in [3.8, 4) is 0 Å². The van der Waals surface area contributed by atoms with Crippen LogP contribution >= 0.6 is 0 Å². The third-order valence-electron chi connectivity index (χ3n) is 3.15. The zero-order valence-corrected chi connectivity index (χ0v) is 7.79. The molecule has 2 fully saturated rings. The summed E-state index contributed by atoms with van der Waals surface area (Å²) in [5.41, 5.74) is -0.542. The van der Waals surface area contributed by atoms with E-state index in [9.17, 15) is 9.90 Å². The zero-order valence-electron chi connectivity index (χ0n) is 7.79. The summed E-state index contributed by atoms with van der Waals surface area (Å²) in [5, 5.41) is 9.19. The molecule has 1 N–H and O–H groups in total. The molecule has 1 saturated carbocycles. The Labute approximate surface area is 78.1 Å². The van der Waals surface area contributed by atoms with Crippen molar-refractivity contribution in [2.45, 2.75) is 32.1 Å². The maximum Gasteiger partial charge on any atom is 0.311 e. The summed E-state index contributed by atoms with van der Waals surface area (Å²) in [7, 11) is 0. The van der Waals surface area contributed by atoms with Gasteiger partial charge in [0.1, 0.15) is 0 Å². The standard InChI is InChI=1S/C10H16O3/c11-9(12)10(6-8-2-3-8)4-1-5-13-7-10/h8H,1-7H2,(H,11,12). The van der Waals surface area contributed by atoms with Crippen LogP contribution in [0.4, 0.5) is 0 Å². The molecule has 0 spiro atoms. The van der Waals surface area contributed by atoms with Gasteiger partial charge < -0.3 is 9.84 Å². The van der Waals surface area contributed by atoms with E-state index in [1.807, 2.05) is 0 Å². The molecule has 1 atom stereocenters. The summed E-state index contributed by atoms with van der Waals surface area (Å²) < 4.78 is 5.29. The van der Waals surface area contributed by atoms with Gasteiger partial charge in [-0.3, -0.25) is 4.79 Å². The Morgan fingerprint density at radius 1 is 1.54 bits per heavy atom. The molecule has 1 unspecified atom stereocenters. The van der Waals surface area contributed by atoms with Crippen molar-refractivity contribution in [2.75, 3.05) is 13.2 Å². The minimum atomic E-state index is -0.654. The normalized spacial score (nSPS) is 34.5. The third kappa shape index (κ3) is 1.85. The van der Waals surface area contributed by atoms with Crippen molar-refractivity contribution in [1.29, 1.82) is 0 Å². The maximum absolute atomic E-state index is 11.2. The Bertz CT molecular complexity index is 202. The van der Waals surface area contributed by atoms with E-state index in [4.69, 9.17) is 4.74 Å². The second-order valence-corrected chi connectivity index (χ2v) is 4.39. The van der Waals surface area contributed by atoms with Crippen LogP contribution in [0.1, 0.15) is 32.1 Å². The molecule has 0 aromatic carbocycles. The largest absolute Gasteiger partial charge is 0.481 e. The molecule has 2 rings (SSSR count). The molecule has 0 amide bonds. The van der Waals surface area contributed by atoms with Crippen molar-refractivity contribution in [3.63, 3.8) is 0 Å². The van der Waals surface area contributed by atoms with Crippen molar-refractivity contribution in [2.24, 2.45) is 11.3 Å². The highest BCUT2D eigenvalue weighted by Crippen LogP contribution is 2.44. The van der Waals surface area contributed by atoms with E-state index in [0.29, 0.717) is 12.5 Å². The van der Waals surface area contributed by atoms with E-state index in [1.54, 1.807) is 0 Å². The van der Waals surface area contributed by atoms with Gasteiger partial charge in [-0.2, -0.15) is 0 Å². The number of carboxylic acids is 1. The molecule has 74 valence electrons. The number of rotatable bonds is 3. The van der Waals surface area contributed by atoms with E-state index in [1.165, 1.54) is 12.8 Å². The first-order valence-corrected chi connectivity index (χ1v) is 5.04. The fourth-order valence-electron chi connectivity index (χ4n) is 2.14. The van der Waals surface area contributed by atoms with Gasteiger partial charge in [0.05, 0.1) is 12.0 Å². The molecule has 3 heteroatoms. The van der Waals surface area contributed by atoms with Crippen LogP contribution in [0.25, 0.3) is 0 Å². The van der Waals surface area contributed by atoms with Crippen LogP contribution < -0.4 is 0 Å². The first-order valence-electron chi connectivity index (χ1n) is 5.04. The summed E-state index contributed by atoms with van der Waals surface area (Å²) in [6.45, 7) is 1.17. The molecule has 0 aromatic heterocycles. The van der Waals surface area contributed by atoms with Crippen LogP contribution in [0.2, 0.25) is 0 Å². The molecule has 1 heterocycles. The molecule has 0 bridgehead atoms. The summed E-state index contributed by atoms with van der Waals surface area (Å²) in [4.78, 5) is 11.2. The second-order valence-electron chi connectivity index (χ2n) is 4.39. The maximum atomic E-state index is 11.2. The van der Waals surface area contributed by atoms with Gasteiger partial charge in [-0.25, -0.2) is 0 Å². The average Bonchev–Trinajstić information content (AvgIpc) is 2.90. The van der Waals surface area contributed by atoms with Crippen LogP contribution in [0.5, 0.6) is 0 Å². The average molecular weight is 184 g/mol. The lowest BCUT2D eigenvalue weighted by atomic mass is 9.78. The number of ether oxygens (including phenoxy) is 1. The van der Waals surface area contributed by atoms with Crippen molar-refractivity contribution < 1.29 is 14.6 Å². The summed E-state index contributed by atoms with van der Waals surface area (Å²) >= 11 is 0. The van der Waals surface area contributed by atoms with Gasteiger partial charge in [-0.15, -0.1) is 0 Å². The Kier molecular flexibility index (Phi) is 2.28. The quantitative estimate of drug-likeness (QED) is 0.725. The van der Waals surface area contributed by atoms with Crippen molar-refractivity contribution >= 4 is 5.97 Å². The second kappa shape index (κ2) is 3.29. The number of aliphatic carboxylic acids is 1. The summed E-state index contributed by atoms with van der Waals surface area (Å²) in [6, 6.07) is 0. The monoisotopic (exact) mass is 184 g/mol. The molecule has 2 aliphatic rings. The smallest absolute Gasteiger partial charge is 0.311 e. The summed E-state index contributed by atoms with van der Waals surface area (Å²) in [6.07, 6.45) is 4.98. The molecule has 13 heavy (non-hydrogen) atoms. The van der Waals surface area contributed by atoms with Crippen LogP contribution in [0, 0.1) is 11.3 Å². The predicted octanol–water partition coefficient (Wildman–Crippen LogP) is 1.67. The Hall–Kier alpha value is -0.570. The van der Waals surface area contributed by atoms with Gasteiger partial charge >= 0.3 is 5.97 Å². The minimum absolute atomic E-state index is 0.429. The minimum Gasteiger partial charge on any atom is -0.481 e. The molecule has 1 aliphatic heterocycles. The van der Waals surface area contributed by atoms with Gasteiger partial charge in [0.2, 0.25) is 0 Å². The Balaban J connectivity index is 2.02. The first kappa shape index (κ1) is 9.00. The Morgan fingerprint density at radius 2 is 2.31 bits per heavy atom. The van der Waals surface area contributed by atoms with Gasteiger partial charge in [-0.1, -0.05) is 12.8 Å². The van der Waals surface area contributed by atoms with Crippen LogP contribution in [0.15, 0.2) is 0 Å². The number of carbonyl (C=O) groups is 1. The van der Waals surface area contributed by atoms with Crippen LogP contribution in [0.3, 0.4) is 0 Å². The van der Waals surface area contributed by atoms with Gasteiger partial charge in [0, 0.05) is 6.61 Å². The van der Waals surface area contributed by atoms with Crippen molar-refractivity contribution in [1.82, 2.24) is 0 Å². The van der Waals surface area contributed by atoms with Gasteiger partial charge in [0.25, 0.3) is 0 Å². The molecular weight excluding hydrogens is 168 g/mol. The fourth-order valence-corrected chi connectivity index (χ4v) is 2.14. The number of hydrogen-bond donors (Lipinski definition) is 1. The van der Waals surface area contributed by atoms with Gasteiger partial charge in [0.15, 0.2) is 0 Å². The van der Waals surface area contributed by atoms with E-state index in [-0.39, 0.29) is 0 Å². The molecule has 3 nitrogen and oxygen atoms in total. The highest BCUT2D eigenvalue weighted by Gasteiger charge is 2.44. The zero-order chi connectivity index (χ0) is 9.31. The predicted molar refractivity (Wildman–Crippen MR) is 47.5 cm³/mol. The molecular formula is C10H16O3. The third-order valence-corrected chi connectivity index (χ3v) is 3.15. The lowest BCUT2D eigenvalue weighted by molar-refractivity contribution is -0.158. The molecule has 0 radical (unpaired) electrons.